The molecule has 4 rings (SSSR count). The van der Waals surface area contributed by atoms with E-state index >= 15 is 0 Å². The average Bonchev–Trinajstić information content (AvgIpc) is 3.30. The van der Waals surface area contributed by atoms with Gasteiger partial charge in [0.2, 0.25) is 5.91 Å². The van der Waals surface area contributed by atoms with E-state index in [1.165, 1.54) is 12.8 Å². The minimum atomic E-state index is -0.583. The molecule has 2 aliphatic rings. The molecule has 1 fully saturated rings. The molecule has 1 saturated heterocycles. The standard InChI is InChI=1S/C25H32N2O3/c1-25(2,21-8-4-3-5-9-21)24(28)27(15-14-26-12-6-7-13-26)19-20-10-11-22-23(18-20)30-17-16-29-22/h3-5,8-11,18H,6-7,12-17,19H2,1-2H3. The van der Waals surface area contributed by atoms with Gasteiger partial charge in [-0.15, -0.1) is 0 Å². The van der Waals surface area contributed by atoms with E-state index in [0.29, 0.717) is 19.8 Å². The van der Waals surface area contributed by atoms with E-state index in [1.807, 2.05) is 67.3 Å². The molecule has 1 amide bonds. The Morgan fingerprint density at radius 1 is 1.00 bits per heavy atom. The molecule has 0 unspecified atom stereocenters. The highest BCUT2D eigenvalue weighted by Crippen LogP contribution is 2.32. The number of hydrogen-bond donors (Lipinski definition) is 0. The van der Waals surface area contributed by atoms with Crippen LogP contribution in [0, 0.1) is 0 Å². The third kappa shape index (κ3) is 4.62. The summed E-state index contributed by atoms with van der Waals surface area (Å²) < 4.78 is 11.4. The number of ether oxygens (including phenoxy) is 2. The first-order valence-corrected chi connectivity index (χ1v) is 11.0. The van der Waals surface area contributed by atoms with Gasteiger partial charge in [0.1, 0.15) is 13.2 Å². The van der Waals surface area contributed by atoms with E-state index in [4.69, 9.17) is 9.47 Å². The maximum atomic E-state index is 13.7. The number of carbonyl (C=O) groups is 1. The normalized spacial score (nSPS) is 16.5. The molecule has 0 N–H and O–H groups in total. The van der Waals surface area contributed by atoms with Gasteiger partial charge in [-0.2, -0.15) is 0 Å². The molecule has 2 aromatic rings. The largest absolute Gasteiger partial charge is 0.486 e. The Morgan fingerprint density at radius 2 is 1.70 bits per heavy atom. The van der Waals surface area contributed by atoms with E-state index in [9.17, 15) is 4.79 Å². The van der Waals surface area contributed by atoms with Gasteiger partial charge in [0, 0.05) is 19.6 Å². The summed E-state index contributed by atoms with van der Waals surface area (Å²) in [5.41, 5.74) is 1.53. The summed E-state index contributed by atoms with van der Waals surface area (Å²) in [6, 6.07) is 16.1. The van der Waals surface area contributed by atoms with Crippen molar-refractivity contribution in [2.24, 2.45) is 0 Å². The predicted octanol–water partition coefficient (Wildman–Crippen LogP) is 3.86. The number of nitrogens with zero attached hydrogens (tertiary/aromatic N) is 2. The minimum absolute atomic E-state index is 0.155. The number of likely N-dealkylation sites (tertiary alicyclic amines) is 1. The minimum Gasteiger partial charge on any atom is -0.486 e. The van der Waals surface area contributed by atoms with Crippen LogP contribution in [0.5, 0.6) is 11.5 Å². The molecule has 30 heavy (non-hydrogen) atoms. The molecule has 0 radical (unpaired) electrons. The SMILES string of the molecule is CC(C)(C(=O)N(CCN1CCCC1)Cc1ccc2c(c1)OCCO2)c1ccccc1. The van der Waals surface area contributed by atoms with Crippen LogP contribution in [0.15, 0.2) is 48.5 Å². The first kappa shape index (κ1) is 20.7. The summed E-state index contributed by atoms with van der Waals surface area (Å²) in [7, 11) is 0. The lowest BCUT2D eigenvalue weighted by Gasteiger charge is -2.34. The molecule has 2 heterocycles. The molecule has 2 aromatic carbocycles. The van der Waals surface area contributed by atoms with Crippen molar-refractivity contribution in [3.8, 4) is 11.5 Å². The van der Waals surface area contributed by atoms with Crippen LogP contribution in [0.2, 0.25) is 0 Å². The lowest BCUT2D eigenvalue weighted by Crippen LogP contribution is -2.46. The summed E-state index contributed by atoms with van der Waals surface area (Å²) in [4.78, 5) is 18.2. The third-order valence-electron chi connectivity index (χ3n) is 6.18. The Hall–Kier alpha value is -2.53. The molecule has 0 aromatic heterocycles. The average molecular weight is 409 g/mol. The van der Waals surface area contributed by atoms with Crippen molar-refractivity contribution in [1.29, 1.82) is 0 Å². The molecule has 0 saturated carbocycles. The Morgan fingerprint density at radius 3 is 2.43 bits per heavy atom. The fraction of sp³-hybridized carbons (Fsp3) is 0.480. The van der Waals surface area contributed by atoms with Crippen LogP contribution >= 0.6 is 0 Å². The molecule has 5 heteroatoms. The lowest BCUT2D eigenvalue weighted by atomic mass is 9.83. The van der Waals surface area contributed by atoms with Crippen LogP contribution in [0.3, 0.4) is 0 Å². The van der Waals surface area contributed by atoms with Crippen LogP contribution in [-0.2, 0) is 16.8 Å². The monoisotopic (exact) mass is 408 g/mol. The maximum absolute atomic E-state index is 13.7. The van der Waals surface area contributed by atoms with Crippen molar-refractivity contribution in [3.63, 3.8) is 0 Å². The molecule has 2 aliphatic heterocycles. The fourth-order valence-corrected chi connectivity index (χ4v) is 4.30. The van der Waals surface area contributed by atoms with Crippen molar-refractivity contribution >= 4 is 5.91 Å². The topological polar surface area (TPSA) is 42.0 Å². The number of fused-ring (bicyclic) bond motifs is 1. The Bertz CT molecular complexity index is 860. The zero-order chi connectivity index (χ0) is 21.0. The molecule has 0 bridgehead atoms. The van der Waals surface area contributed by atoms with Gasteiger partial charge in [0.25, 0.3) is 0 Å². The number of hydrogen-bond acceptors (Lipinski definition) is 4. The van der Waals surface area contributed by atoms with E-state index in [1.54, 1.807) is 0 Å². The number of benzene rings is 2. The fourth-order valence-electron chi connectivity index (χ4n) is 4.30. The molecule has 160 valence electrons. The molecular formula is C25H32N2O3. The molecule has 0 atom stereocenters. The summed E-state index contributed by atoms with van der Waals surface area (Å²) in [6.07, 6.45) is 2.51. The quantitative estimate of drug-likeness (QED) is 0.698. The highest BCUT2D eigenvalue weighted by atomic mass is 16.6. The van der Waals surface area contributed by atoms with Crippen molar-refractivity contribution < 1.29 is 14.3 Å². The van der Waals surface area contributed by atoms with Gasteiger partial charge in [0.05, 0.1) is 5.41 Å². The van der Waals surface area contributed by atoms with Gasteiger partial charge in [-0.1, -0.05) is 36.4 Å². The van der Waals surface area contributed by atoms with Gasteiger partial charge >= 0.3 is 0 Å². The lowest BCUT2D eigenvalue weighted by molar-refractivity contribution is -0.137. The first-order chi connectivity index (χ1) is 14.5. The second kappa shape index (κ2) is 9.09. The number of carbonyl (C=O) groups excluding carboxylic acids is 1. The molecule has 0 aliphatic carbocycles. The van der Waals surface area contributed by atoms with Gasteiger partial charge in [-0.3, -0.25) is 4.79 Å². The smallest absolute Gasteiger partial charge is 0.233 e. The van der Waals surface area contributed by atoms with E-state index in [-0.39, 0.29) is 5.91 Å². The van der Waals surface area contributed by atoms with Gasteiger partial charge < -0.3 is 19.3 Å². The van der Waals surface area contributed by atoms with Crippen LogP contribution < -0.4 is 9.47 Å². The summed E-state index contributed by atoms with van der Waals surface area (Å²) in [6.45, 7) is 9.67. The molecule has 5 nitrogen and oxygen atoms in total. The van der Waals surface area contributed by atoms with Crippen LogP contribution in [-0.4, -0.2) is 55.1 Å². The van der Waals surface area contributed by atoms with E-state index in [2.05, 4.69) is 4.90 Å². The Balaban J connectivity index is 1.54. The molecule has 0 spiro atoms. The van der Waals surface area contributed by atoms with Gasteiger partial charge in [-0.05, 0) is 63.0 Å². The Kier molecular flexibility index (Phi) is 6.28. The second-order valence-corrected chi connectivity index (χ2v) is 8.74. The third-order valence-corrected chi connectivity index (χ3v) is 6.18. The molecular weight excluding hydrogens is 376 g/mol. The zero-order valence-corrected chi connectivity index (χ0v) is 18.1. The van der Waals surface area contributed by atoms with Crippen LogP contribution in [0.25, 0.3) is 0 Å². The number of rotatable bonds is 7. The first-order valence-electron chi connectivity index (χ1n) is 11.0. The second-order valence-electron chi connectivity index (χ2n) is 8.74. The van der Waals surface area contributed by atoms with E-state index in [0.717, 1.165) is 48.8 Å². The van der Waals surface area contributed by atoms with Crippen molar-refractivity contribution in [1.82, 2.24) is 9.80 Å². The van der Waals surface area contributed by atoms with Crippen molar-refractivity contribution in [3.05, 3.63) is 59.7 Å². The van der Waals surface area contributed by atoms with E-state index < -0.39 is 5.41 Å². The maximum Gasteiger partial charge on any atom is 0.233 e. The van der Waals surface area contributed by atoms with Crippen LogP contribution in [0.1, 0.15) is 37.8 Å². The van der Waals surface area contributed by atoms with Crippen molar-refractivity contribution in [2.75, 3.05) is 39.4 Å². The highest BCUT2D eigenvalue weighted by molar-refractivity contribution is 5.87. The van der Waals surface area contributed by atoms with Crippen molar-refractivity contribution in [2.45, 2.75) is 38.6 Å². The summed E-state index contributed by atoms with van der Waals surface area (Å²) in [5.74, 6) is 1.71. The summed E-state index contributed by atoms with van der Waals surface area (Å²) in [5, 5.41) is 0. The summed E-state index contributed by atoms with van der Waals surface area (Å²) >= 11 is 0. The van der Waals surface area contributed by atoms with Gasteiger partial charge in [-0.25, -0.2) is 0 Å². The Labute approximate surface area is 179 Å². The van der Waals surface area contributed by atoms with Crippen LogP contribution in [0.4, 0.5) is 0 Å². The van der Waals surface area contributed by atoms with Gasteiger partial charge in [0.15, 0.2) is 11.5 Å². The zero-order valence-electron chi connectivity index (χ0n) is 18.1. The highest BCUT2D eigenvalue weighted by Gasteiger charge is 2.34. The predicted molar refractivity (Wildman–Crippen MR) is 118 cm³/mol. The number of amides is 1.